The number of hydrogen-bond donors (Lipinski definition) is 2. The molecule has 21 heavy (non-hydrogen) atoms. The van der Waals surface area contributed by atoms with E-state index in [0.29, 0.717) is 22.0 Å². The molecule has 0 bridgehead atoms. The Morgan fingerprint density at radius 2 is 1.81 bits per heavy atom. The maximum Gasteiger partial charge on any atom is 0.221 e. The van der Waals surface area contributed by atoms with Crippen molar-refractivity contribution in [1.82, 2.24) is 0 Å². The Labute approximate surface area is 125 Å². The minimum absolute atomic E-state index is 0.215. The molecule has 0 heterocycles. The molecule has 2 aromatic carbocycles. The van der Waals surface area contributed by atoms with E-state index in [1.165, 1.54) is 19.1 Å². The molecule has 0 atom stereocenters. The first-order chi connectivity index (χ1) is 9.94. The fraction of sp³-hybridized carbons (Fsp3) is 0.133. The molecule has 2 N–H and O–H groups in total. The van der Waals surface area contributed by atoms with Crippen LogP contribution in [0.2, 0.25) is 5.02 Å². The maximum atomic E-state index is 13.1. The van der Waals surface area contributed by atoms with Crippen LogP contribution in [0.4, 0.5) is 20.2 Å². The lowest BCUT2D eigenvalue weighted by atomic mass is 10.2. The van der Waals surface area contributed by atoms with Crippen LogP contribution in [0.25, 0.3) is 0 Å². The van der Waals surface area contributed by atoms with Crippen molar-refractivity contribution in [2.45, 2.75) is 13.5 Å². The number of carbonyl (C=O) groups excluding carboxylic acids is 1. The summed E-state index contributed by atoms with van der Waals surface area (Å²) in [6, 6.07) is 8.32. The summed E-state index contributed by atoms with van der Waals surface area (Å²) in [6.07, 6.45) is 0. The molecule has 0 saturated carbocycles. The standard InChI is InChI=1S/C15H13ClF2N2O/c1-9(21)20-15-3-2-13(7-14(15)16)19-8-10-4-11(17)6-12(18)5-10/h2-7,19H,8H2,1H3,(H,20,21). The van der Waals surface area contributed by atoms with Crippen LogP contribution in [0.1, 0.15) is 12.5 Å². The summed E-state index contributed by atoms with van der Waals surface area (Å²) in [6.45, 7) is 1.64. The highest BCUT2D eigenvalue weighted by Crippen LogP contribution is 2.25. The lowest BCUT2D eigenvalue weighted by Gasteiger charge is -2.10. The molecule has 1 amide bonds. The third kappa shape index (κ3) is 4.43. The number of amides is 1. The highest BCUT2D eigenvalue weighted by Gasteiger charge is 2.04. The molecule has 0 aromatic heterocycles. The van der Waals surface area contributed by atoms with Crippen molar-refractivity contribution in [3.8, 4) is 0 Å². The molecule has 2 aromatic rings. The number of rotatable bonds is 4. The topological polar surface area (TPSA) is 41.1 Å². The molecule has 0 fully saturated rings. The third-order valence-electron chi connectivity index (χ3n) is 2.70. The second-order valence-electron chi connectivity index (χ2n) is 4.51. The van der Waals surface area contributed by atoms with Gasteiger partial charge in [-0.05, 0) is 35.9 Å². The number of anilines is 2. The van der Waals surface area contributed by atoms with Crippen LogP contribution in [0, 0.1) is 11.6 Å². The van der Waals surface area contributed by atoms with E-state index in [2.05, 4.69) is 10.6 Å². The molecule has 0 aliphatic rings. The van der Waals surface area contributed by atoms with Gasteiger partial charge < -0.3 is 10.6 Å². The van der Waals surface area contributed by atoms with Gasteiger partial charge >= 0.3 is 0 Å². The van der Waals surface area contributed by atoms with Crippen LogP contribution in [0.3, 0.4) is 0 Å². The summed E-state index contributed by atoms with van der Waals surface area (Å²) < 4.78 is 26.1. The monoisotopic (exact) mass is 310 g/mol. The highest BCUT2D eigenvalue weighted by molar-refractivity contribution is 6.34. The Bertz CT molecular complexity index is 656. The number of benzene rings is 2. The summed E-state index contributed by atoms with van der Waals surface area (Å²) >= 11 is 6.03. The van der Waals surface area contributed by atoms with Crippen LogP contribution in [0.15, 0.2) is 36.4 Å². The van der Waals surface area contributed by atoms with E-state index in [1.807, 2.05) is 0 Å². The van der Waals surface area contributed by atoms with Crippen LogP contribution in [-0.2, 0) is 11.3 Å². The first kappa shape index (κ1) is 15.3. The van der Waals surface area contributed by atoms with E-state index in [0.717, 1.165) is 6.07 Å². The van der Waals surface area contributed by atoms with E-state index >= 15 is 0 Å². The first-order valence-corrected chi connectivity index (χ1v) is 6.58. The Kier molecular flexibility index (Phi) is 4.75. The average molecular weight is 311 g/mol. The quantitative estimate of drug-likeness (QED) is 0.889. The lowest BCUT2D eigenvalue weighted by Crippen LogP contribution is -2.06. The van der Waals surface area contributed by atoms with Gasteiger partial charge in [-0.25, -0.2) is 8.78 Å². The first-order valence-electron chi connectivity index (χ1n) is 6.20. The van der Waals surface area contributed by atoms with Gasteiger partial charge in [0.25, 0.3) is 0 Å². The van der Waals surface area contributed by atoms with Crippen molar-refractivity contribution in [2.24, 2.45) is 0 Å². The summed E-state index contributed by atoms with van der Waals surface area (Å²) in [4.78, 5) is 11.0. The summed E-state index contributed by atoms with van der Waals surface area (Å²) in [7, 11) is 0. The zero-order valence-electron chi connectivity index (χ0n) is 11.2. The minimum Gasteiger partial charge on any atom is -0.381 e. The normalized spacial score (nSPS) is 10.3. The van der Waals surface area contributed by atoms with Crippen molar-refractivity contribution < 1.29 is 13.6 Å². The van der Waals surface area contributed by atoms with Crippen LogP contribution < -0.4 is 10.6 Å². The Morgan fingerprint density at radius 1 is 1.14 bits per heavy atom. The second kappa shape index (κ2) is 6.54. The SMILES string of the molecule is CC(=O)Nc1ccc(NCc2cc(F)cc(F)c2)cc1Cl. The molecule has 6 heteroatoms. The molecule has 0 saturated heterocycles. The Balaban J connectivity index is 2.06. The molecule has 3 nitrogen and oxygen atoms in total. The number of carbonyl (C=O) groups is 1. The largest absolute Gasteiger partial charge is 0.381 e. The van der Waals surface area contributed by atoms with Gasteiger partial charge in [-0.3, -0.25) is 4.79 Å². The molecule has 2 rings (SSSR count). The number of hydrogen-bond acceptors (Lipinski definition) is 2. The molecular weight excluding hydrogens is 298 g/mol. The van der Waals surface area contributed by atoms with Gasteiger partial charge in [0.2, 0.25) is 5.91 Å². The Hall–Kier alpha value is -2.14. The van der Waals surface area contributed by atoms with Gasteiger partial charge in [0.15, 0.2) is 0 Å². The van der Waals surface area contributed by atoms with Gasteiger partial charge in [-0.2, -0.15) is 0 Å². The number of halogens is 3. The summed E-state index contributed by atoms with van der Waals surface area (Å²) in [5.74, 6) is -1.45. The van der Waals surface area contributed by atoms with Gasteiger partial charge in [-0.1, -0.05) is 11.6 Å². The number of nitrogens with one attached hydrogen (secondary N) is 2. The fourth-order valence-corrected chi connectivity index (χ4v) is 2.06. The van der Waals surface area contributed by atoms with Gasteiger partial charge in [-0.15, -0.1) is 0 Å². The van der Waals surface area contributed by atoms with Gasteiger partial charge in [0.05, 0.1) is 10.7 Å². The van der Waals surface area contributed by atoms with E-state index in [9.17, 15) is 13.6 Å². The van der Waals surface area contributed by atoms with Crippen LogP contribution >= 0.6 is 11.6 Å². The van der Waals surface area contributed by atoms with Crippen molar-refractivity contribution >= 4 is 28.9 Å². The van der Waals surface area contributed by atoms with E-state index in [4.69, 9.17) is 11.6 Å². The lowest BCUT2D eigenvalue weighted by molar-refractivity contribution is -0.114. The molecule has 110 valence electrons. The van der Waals surface area contributed by atoms with Gasteiger partial charge in [0, 0.05) is 25.2 Å². The molecule has 0 radical (unpaired) electrons. The van der Waals surface area contributed by atoms with Crippen molar-refractivity contribution in [2.75, 3.05) is 10.6 Å². The predicted octanol–water partition coefficient (Wildman–Crippen LogP) is 4.19. The predicted molar refractivity (Wildman–Crippen MR) is 79.4 cm³/mol. The zero-order chi connectivity index (χ0) is 15.4. The molecule has 0 aliphatic carbocycles. The van der Waals surface area contributed by atoms with Gasteiger partial charge in [0.1, 0.15) is 11.6 Å². The van der Waals surface area contributed by atoms with Crippen LogP contribution in [-0.4, -0.2) is 5.91 Å². The molecule has 0 aliphatic heterocycles. The third-order valence-corrected chi connectivity index (χ3v) is 3.01. The Morgan fingerprint density at radius 3 is 2.38 bits per heavy atom. The average Bonchev–Trinajstić information content (AvgIpc) is 2.38. The van der Waals surface area contributed by atoms with E-state index < -0.39 is 11.6 Å². The molecule has 0 spiro atoms. The molecular formula is C15H13ClF2N2O. The molecule has 0 unspecified atom stereocenters. The van der Waals surface area contributed by atoms with E-state index in [1.54, 1.807) is 18.2 Å². The highest BCUT2D eigenvalue weighted by atomic mass is 35.5. The van der Waals surface area contributed by atoms with Crippen molar-refractivity contribution in [3.63, 3.8) is 0 Å². The maximum absolute atomic E-state index is 13.1. The zero-order valence-corrected chi connectivity index (χ0v) is 12.0. The fourth-order valence-electron chi connectivity index (χ4n) is 1.83. The minimum atomic E-state index is -0.620. The van der Waals surface area contributed by atoms with Crippen LogP contribution in [0.5, 0.6) is 0 Å². The smallest absolute Gasteiger partial charge is 0.221 e. The van der Waals surface area contributed by atoms with E-state index in [-0.39, 0.29) is 12.5 Å². The second-order valence-corrected chi connectivity index (χ2v) is 4.91. The van der Waals surface area contributed by atoms with Crippen molar-refractivity contribution in [3.05, 3.63) is 58.6 Å². The summed E-state index contributed by atoms with van der Waals surface area (Å²) in [5.41, 5.74) is 1.67. The van der Waals surface area contributed by atoms with Crippen molar-refractivity contribution in [1.29, 1.82) is 0 Å². The summed E-state index contributed by atoms with van der Waals surface area (Å²) in [5, 5.41) is 5.97.